The van der Waals surface area contributed by atoms with Crippen LogP contribution in [0.25, 0.3) is 0 Å². The number of nitrogens with one attached hydrogen (secondary N) is 1. The van der Waals surface area contributed by atoms with Crippen LogP contribution in [0.2, 0.25) is 0 Å². The topological polar surface area (TPSA) is 81.5 Å². The average Bonchev–Trinajstić information content (AvgIpc) is 2.28. The SMILES string of the molecule is CCOC(NC(C)=O)c1cccc([N+](=O)[O-])c1. The molecule has 0 saturated carbocycles. The van der Waals surface area contributed by atoms with Gasteiger partial charge in [-0.25, -0.2) is 0 Å². The van der Waals surface area contributed by atoms with E-state index in [2.05, 4.69) is 5.32 Å². The number of hydrogen-bond donors (Lipinski definition) is 1. The van der Waals surface area contributed by atoms with E-state index in [1.165, 1.54) is 19.1 Å². The van der Waals surface area contributed by atoms with Crippen LogP contribution in [-0.2, 0) is 9.53 Å². The van der Waals surface area contributed by atoms with Crippen molar-refractivity contribution >= 4 is 11.6 Å². The van der Waals surface area contributed by atoms with Crippen molar-refractivity contribution in [3.05, 3.63) is 39.9 Å². The highest BCUT2D eigenvalue weighted by Crippen LogP contribution is 2.20. The molecule has 1 unspecified atom stereocenters. The molecule has 92 valence electrons. The third-order valence-corrected chi connectivity index (χ3v) is 2.05. The molecule has 1 atom stereocenters. The molecule has 0 aliphatic carbocycles. The summed E-state index contributed by atoms with van der Waals surface area (Å²) >= 11 is 0. The summed E-state index contributed by atoms with van der Waals surface area (Å²) in [7, 11) is 0. The molecule has 17 heavy (non-hydrogen) atoms. The summed E-state index contributed by atoms with van der Waals surface area (Å²) in [6, 6.07) is 6.00. The Balaban J connectivity index is 2.96. The molecule has 0 radical (unpaired) electrons. The molecule has 0 aliphatic heterocycles. The lowest BCUT2D eigenvalue weighted by molar-refractivity contribution is -0.385. The van der Waals surface area contributed by atoms with E-state index >= 15 is 0 Å². The number of ether oxygens (including phenoxy) is 1. The Bertz CT molecular complexity index is 420. The maximum Gasteiger partial charge on any atom is 0.269 e. The molecule has 6 heteroatoms. The number of amides is 1. The van der Waals surface area contributed by atoms with E-state index in [4.69, 9.17) is 4.74 Å². The predicted molar refractivity (Wildman–Crippen MR) is 61.3 cm³/mol. The molecule has 0 saturated heterocycles. The summed E-state index contributed by atoms with van der Waals surface area (Å²) in [5, 5.41) is 13.2. The Morgan fingerprint density at radius 1 is 1.59 bits per heavy atom. The monoisotopic (exact) mass is 238 g/mol. The molecule has 0 bridgehead atoms. The number of benzene rings is 1. The molecule has 1 aromatic carbocycles. The van der Waals surface area contributed by atoms with E-state index < -0.39 is 11.2 Å². The van der Waals surface area contributed by atoms with Gasteiger partial charge in [-0.1, -0.05) is 12.1 Å². The average molecular weight is 238 g/mol. The molecule has 0 fully saturated rings. The van der Waals surface area contributed by atoms with Crippen molar-refractivity contribution in [1.29, 1.82) is 0 Å². The second-order valence-electron chi connectivity index (χ2n) is 3.39. The number of hydrogen-bond acceptors (Lipinski definition) is 4. The van der Waals surface area contributed by atoms with Gasteiger partial charge >= 0.3 is 0 Å². The van der Waals surface area contributed by atoms with Gasteiger partial charge < -0.3 is 10.1 Å². The fourth-order valence-electron chi connectivity index (χ4n) is 1.37. The van der Waals surface area contributed by atoms with E-state index in [1.54, 1.807) is 19.1 Å². The Morgan fingerprint density at radius 3 is 2.82 bits per heavy atom. The van der Waals surface area contributed by atoms with Gasteiger partial charge in [-0.3, -0.25) is 14.9 Å². The summed E-state index contributed by atoms with van der Waals surface area (Å²) < 4.78 is 5.32. The van der Waals surface area contributed by atoms with Gasteiger partial charge in [0.15, 0.2) is 6.23 Å². The first-order valence-corrected chi connectivity index (χ1v) is 5.17. The zero-order valence-electron chi connectivity index (χ0n) is 9.67. The van der Waals surface area contributed by atoms with Crippen molar-refractivity contribution < 1.29 is 14.5 Å². The Labute approximate surface area is 98.7 Å². The minimum atomic E-state index is -0.655. The molecule has 0 aromatic heterocycles. The van der Waals surface area contributed by atoms with Crippen LogP contribution in [0.3, 0.4) is 0 Å². The summed E-state index contributed by atoms with van der Waals surface area (Å²) in [6.07, 6.45) is -0.655. The largest absolute Gasteiger partial charge is 0.354 e. The lowest BCUT2D eigenvalue weighted by Gasteiger charge is -2.17. The van der Waals surface area contributed by atoms with Crippen LogP contribution in [-0.4, -0.2) is 17.4 Å². The number of nitrogens with zero attached hydrogens (tertiary/aromatic N) is 1. The Hall–Kier alpha value is -1.95. The van der Waals surface area contributed by atoms with Gasteiger partial charge in [0.05, 0.1) is 4.92 Å². The first kappa shape index (κ1) is 13.1. The zero-order chi connectivity index (χ0) is 12.8. The van der Waals surface area contributed by atoms with Crippen LogP contribution >= 0.6 is 0 Å². The number of carbonyl (C=O) groups excluding carboxylic acids is 1. The fraction of sp³-hybridized carbons (Fsp3) is 0.364. The lowest BCUT2D eigenvalue weighted by Crippen LogP contribution is -2.28. The van der Waals surface area contributed by atoms with E-state index in [1.807, 2.05) is 0 Å². The van der Waals surface area contributed by atoms with Crippen molar-refractivity contribution in [3.8, 4) is 0 Å². The van der Waals surface area contributed by atoms with Crippen LogP contribution < -0.4 is 5.32 Å². The van der Waals surface area contributed by atoms with Crippen molar-refractivity contribution in [1.82, 2.24) is 5.32 Å². The molecule has 1 aromatic rings. The van der Waals surface area contributed by atoms with Gasteiger partial charge in [0.25, 0.3) is 5.69 Å². The highest BCUT2D eigenvalue weighted by Gasteiger charge is 2.15. The smallest absolute Gasteiger partial charge is 0.269 e. The number of nitro groups is 1. The number of non-ortho nitro benzene ring substituents is 1. The molecular weight excluding hydrogens is 224 g/mol. The zero-order valence-corrected chi connectivity index (χ0v) is 9.67. The standard InChI is InChI=1S/C11H14N2O4/c1-3-17-11(12-8(2)14)9-5-4-6-10(7-9)13(15)16/h4-7,11H,3H2,1-2H3,(H,12,14). The molecule has 0 spiro atoms. The van der Waals surface area contributed by atoms with Crippen LogP contribution in [0.4, 0.5) is 5.69 Å². The molecular formula is C11H14N2O4. The first-order chi connectivity index (χ1) is 8.04. The predicted octanol–water partition coefficient (Wildman–Crippen LogP) is 1.77. The molecule has 1 N–H and O–H groups in total. The number of nitro benzene ring substituents is 1. The van der Waals surface area contributed by atoms with E-state index in [9.17, 15) is 14.9 Å². The number of rotatable bonds is 5. The van der Waals surface area contributed by atoms with Crippen LogP contribution in [0.1, 0.15) is 25.6 Å². The summed E-state index contributed by atoms with van der Waals surface area (Å²) in [6.45, 7) is 3.54. The summed E-state index contributed by atoms with van der Waals surface area (Å²) in [5.41, 5.74) is 0.522. The molecule has 6 nitrogen and oxygen atoms in total. The minimum absolute atomic E-state index is 0.0300. The third-order valence-electron chi connectivity index (χ3n) is 2.05. The highest BCUT2D eigenvalue weighted by atomic mass is 16.6. The molecule has 0 heterocycles. The van der Waals surface area contributed by atoms with Crippen LogP contribution in [0.15, 0.2) is 24.3 Å². The molecule has 0 aliphatic rings. The van der Waals surface area contributed by atoms with Gasteiger partial charge in [-0.15, -0.1) is 0 Å². The van der Waals surface area contributed by atoms with Crippen molar-refractivity contribution in [2.75, 3.05) is 6.61 Å². The van der Waals surface area contributed by atoms with Gasteiger partial charge in [0, 0.05) is 31.2 Å². The lowest BCUT2D eigenvalue weighted by atomic mass is 10.1. The second kappa shape index (κ2) is 5.95. The Kier molecular flexibility index (Phi) is 4.59. The molecule has 1 rings (SSSR count). The van der Waals surface area contributed by atoms with E-state index in [0.717, 1.165) is 0 Å². The van der Waals surface area contributed by atoms with E-state index in [-0.39, 0.29) is 11.6 Å². The normalized spacial score (nSPS) is 11.9. The maximum atomic E-state index is 11.0. The van der Waals surface area contributed by atoms with Gasteiger partial charge in [-0.2, -0.15) is 0 Å². The minimum Gasteiger partial charge on any atom is -0.354 e. The third kappa shape index (κ3) is 3.84. The van der Waals surface area contributed by atoms with Gasteiger partial charge in [0.1, 0.15) is 0 Å². The second-order valence-corrected chi connectivity index (χ2v) is 3.39. The van der Waals surface area contributed by atoms with Gasteiger partial charge in [-0.05, 0) is 6.92 Å². The van der Waals surface area contributed by atoms with Crippen molar-refractivity contribution in [3.63, 3.8) is 0 Å². The fourth-order valence-corrected chi connectivity index (χ4v) is 1.37. The van der Waals surface area contributed by atoms with E-state index in [0.29, 0.717) is 12.2 Å². The maximum absolute atomic E-state index is 11.0. The van der Waals surface area contributed by atoms with Crippen LogP contribution in [0.5, 0.6) is 0 Å². The highest BCUT2D eigenvalue weighted by molar-refractivity contribution is 5.73. The summed E-state index contributed by atoms with van der Waals surface area (Å²) in [4.78, 5) is 21.1. The molecule has 1 amide bonds. The Morgan fingerprint density at radius 2 is 2.29 bits per heavy atom. The first-order valence-electron chi connectivity index (χ1n) is 5.17. The number of carbonyl (C=O) groups is 1. The van der Waals surface area contributed by atoms with Gasteiger partial charge in [0.2, 0.25) is 5.91 Å². The summed E-state index contributed by atoms with van der Waals surface area (Å²) in [5.74, 6) is -0.255. The van der Waals surface area contributed by atoms with Crippen molar-refractivity contribution in [2.45, 2.75) is 20.1 Å². The van der Waals surface area contributed by atoms with Crippen molar-refractivity contribution in [2.24, 2.45) is 0 Å². The quantitative estimate of drug-likeness (QED) is 0.481. The van der Waals surface area contributed by atoms with Crippen LogP contribution in [0, 0.1) is 10.1 Å².